The highest BCUT2D eigenvalue weighted by Gasteiger charge is 2.01. The van der Waals surface area contributed by atoms with Crippen LogP contribution in [0.25, 0.3) is 0 Å². The van der Waals surface area contributed by atoms with Crippen LogP contribution in [0.4, 0.5) is 11.4 Å². The number of anilines is 2. The minimum atomic E-state index is 0.175. The van der Waals surface area contributed by atoms with Gasteiger partial charge in [-0.15, -0.1) is 11.3 Å². The van der Waals surface area contributed by atoms with Gasteiger partial charge in [0.05, 0.1) is 6.61 Å². The van der Waals surface area contributed by atoms with Crippen molar-refractivity contribution in [2.24, 2.45) is 0 Å². The Hall–Kier alpha value is -1.52. The van der Waals surface area contributed by atoms with Crippen LogP contribution < -0.4 is 10.2 Å². The van der Waals surface area contributed by atoms with E-state index in [-0.39, 0.29) is 6.61 Å². The first-order valence-electron chi connectivity index (χ1n) is 6.39. The number of benzene rings is 1. The minimum absolute atomic E-state index is 0.175. The first-order valence-corrected chi connectivity index (χ1v) is 7.27. The second kappa shape index (κ2) is 6.59. The van der Waals surface area contributed by atoms with Crippen LogP contribution >= 0.6 is 11.3 Å². The average Bonchev–Trinajstić information content (AvgIpc) is 2.83. The van der Waals surface area contributed by atoms with E-state index in [1.807, 2.05) is 11.9 Å². The number of hydrogen-bond acceptors (Lipinski definition) is 4. The molecule has 0 radical (unpaired) electrons. The third-order valence-corrected chi connectivity index (χ3v) is 4.19. The van der Waals surface area contributed by atoms with E-state index in [1.54, 1.807) is 11.3 Å². The molecule has 0 aliphatic carbocycles. The summed E-state index contributed by atoms with van der Waals surface area (Å²) in [4.78, 5) is 3.41. The molecule has 2 aromatic rings. The van der Waals surface area contributed by atoms with Crippen molar-refractivity contribution in [3.8, 4) is 0 Å². The van der Waals surface area contributed by atoms with Crippen molar-refractivity contribution in [1.29, 1.82) is 0 Å². The van der Waals surface area contributed by atoms with E-state index in [9.17, 15) is 0 Å². The fourth-order valence-electron chi connectivity index (χ4n) is 1.88. The maximum Gasteiger partial charge on any atom is 0.0606 e. The summed E-state index contributed by atoms with van der Waals surface area (Å²) in [6.07, 6.45) is 0. The molecule has 2 N–H and O–H groups in total. The van der Waals surface area contributed by atoms with Crippen molar-refractivity contribution in [1.82, 2.24) is 0 Å². The summed E-state index contributed by atoms with van der Waals surface area (Å²) in [7, 11) is 1.98. The fourth-order valence-corrected chi connectivity index (χ4v) is 2.73. The summed E-state index contributed by atoms with van der Waals surface area (Å²) in [5.41, 5.74) is 3.58. The molecule has 0 aliphatic rings. The van der Waals surface area contributed by atoms with E-state index in [1.165, 1.54) is 10.4 Å². The second-order valence-electron chi connectivity index (χ2n) is 4.57. The summed E-state index contributed by atoms with van der Waals surface area (Å²) in [5, 5.41) is 14.5. The molecule has 3 nitrogen and oxygen atoms in total. The molecule has 1 aromatic carbocycles. The van der Waals surface area contributed by atoms with E-state index in [2.05, 4.69) is 48.0 Å². The van der Waals surface area contributed by atoms with Crippen molar-refractivity contribution in [3.63, 3.8) is 0 Å². The zero-order valence-electron chi connectivity index (χ0n) is 11.4. The molecular formula is C15H20N2OS. The molecule has 0 fully saturated rings. The zero-order valence-corrected chi connectivity index (χ0v) is 12.2. The number of thiophene rings is 1. The lowest BCUT2D eigenvalue weighted by Gasteiger charge is -2.18. The third kappa shape index (κ3) is 3.72. The molecule has 0 amide bonds. The summed E-state index contributed by atoms with van der Waals surface area (Å²) in [6, 6.07) is 10.4. The van der Waals surface area contributed by atoms with E-state index < -0.39 is 0 Å². The summed E-state index contributed by atoms with van der Waals surface area (Å²) < 4.78 is 0. The molecule has 1 heterocycles. The third-order valence-electron chi connectivity index (χ3n) is 3.16. The van der Waals surface area contributed by atoms with E-state index in [0.29, 0.717) is 6.54 Å². The lowest BCUT2D eigenvalue weighted by atomic mass is 10.2. The molecule has 0 spiro atoms. The lowest BCUT2D eigenvalue weighted by molar-refractivity contribution is 0.304. The minimum Gasteiger partial charge on any atom is -0.395 e. The van der Waals surface area contributed by atoms with E-state index in [0.717, 1.165) is 17.9 Å². The Labute approximate surface area is 118 Å². The average molecular weight is 276 g/mol. The fraction of sp³-hybridized carbons (Fsp3) is 0.333. The predicted octanol–water partition coefficient (Wildman–Crippen LogP) is 3.10. The van der Waals surface area contributed by atoms with Crippen LogP contribution in [0.3, 0.4) is 0 Å². The molecular weight excluding hydrogens is 256 g/mol. The molecule has 0 bridgehead atoms. The number of aryl methyl sites for hydroxylation is 1. The Kier molecular flexibility index (Phi) is 4.82. The van der Waals surface area contributed by atoms with Crippen molar-refractivity contribution >= 4 is 22.7 Å². The van der Waals surface area contributed by atoms with Gasteiger partial charge in [-0.1, -0.05) is 0 Å². The van der Waals surface area contributed by atoms with Gasteiger partial charge in [-0.25, -0.2) is 0 Å². The monoisotopic (exact) mass is 276 g/mol. The summed E-state index contributed by atoms with van der Waals surface area (Å²) >= 11 is 1.78. The molecule has 0 saturated heterocycles. The largest absolute Gasteiger partial charge is 0.395 e. The van der Waals surface area contributed by atoms with Crippen LogP contribution in [-0.2, 0) is 6.54 Å². The quantitative estimate of drug-likeness (QED) is 0.851. The standard InChI is InChI=1S/C15H20N2OS/c1-12-7-10-19-15(12)11-16-13-3-5-14(6-4-13)17(2)8-9-18/h3-7,10,16,18H,8-9,11H2,1-2H3. The van der Waals surface area contributed by atoms with Crippen LogP contribution in [0.1, 0.15) is 10.4 Å². The van der Waals surface area contributed by atoms with Gasteiger partial charge in [0.1, 0.15) is 0 Å². The Morgan fingerprint density at radius 3 is 2.53 bits per heavy atom. The van der Waals surface area contributed by atoms with E-state index in [4.69, 9.17) is 5.11 Å². The molecule has 1 aromatic heterocycles. The number of hydrogen-bond donors (Lipinski definition) is 2. The SMILES string of the molecule is Cc1ccsc1CNc1ccc(N(C)CCO)cc1. The van der Waals surface area contributed by atoms with Gasteiger partial charge in [-0.05, 0) is 48.2 Å². The van der Waals surface area contributed by atoms with Gasteiger partial charge in [-0.3, -0.25) is 0 Å². The summed E-state index contributed by atoms with van der Waals surface area (Å²) in [5.74, 6) is 0. The zero-order chi connectivity index (χ0) is 13.7. The first-order chi connectivity index (χ1) is 9.20. The van der Waals surface area contributed by atoms with Crippen LogP contribution in [-0.4, -0.2) is 25.3 Å². The number of rotatable bonds is 6. The van der Waals surface area contributed by atoms with Crippen molar-refractivity contribution in [2.75, 3.05) is 30.4 Å². The topological polar surface area (TPSA) is 35.5 Å². The molecule has 2 rings (SSSR count). The number of nitrogens with one attached hydrogen (secondary N) is 1. The van der Waals surface area contributed by atoms with Gasteiger partial charge in [0, 0.05) is 36.4 Å². The molecule has 0 aliphatic heterocycles. The maximum atomic E-state index is 8.92. The van der Waals surface area contributed by atoms with Crippen LogP contribution in [0, 0.1) is 6.92 Å². The number of aliphatic hydroxyl groups excluding tert-OH is 1. The smallest absolute Gasteiger partial charge is 0.0606 e. The molecule has 0 saturated carbocycles. The lowest BCUT2D eigenvalue weighted by Crippen LogP contribution is -2.20. The van der Waals surface area contributed by atoms with Gasteiger partial charge in [0.2, 0.25) is 0 Å². The molecule has 0 atom stereocenters. The number of nitrogens with zero attached hydrogens (tertiary/aromatic N) is 1. The first kappa shape index (κ1) is 13.9. The highest BCUT2D eigenvalue weighted by atomic mass is 32.1. The normalized spacial score (nSPS) is 10.5. The Balaban J connectivity index is 1.93. The van der Waals surface area contributed by atoms with Gasteiger partial charge in [-0.2, -0.15) is 0 Å². The second-order valence-corrected chi connectivity index (χ2v) is 5.57. The van der Waals surface area contributed by atoms with Crippen molar-refractivity contribution in [3.05, 3.63) is 46.2 Å². The predicted molar refractivity (Wildman–Crippen MR) is 83.2 cm³/mol. The van der Waals surface area contributed by atoms with Gasteiger partial charge in [0.15, 0.2) is 0 Å². The summed E-state index contributed by atoms with van der Waals surface area (Å²) in [6.45, 7) is 3.84. The maximum absolute atomic E-state index is 8.92. The molecule has 4 heteroatoms. The number of likely N-dealkylation sites (N-methyl/N-ethyl adjacent to an activating group) is 1. The molecule has 19 heavy (non-hydrogen) atoms. The Bertz CT molecular complexity index is 507. The molecule has 0 unspecified atom stereocenters. The van der Waals surface area contributed by atoms with Crippen LogP contribution in [0.5, 0.6) is 0 Å². The van der Waals surface area contributed by atoms with Crippen LogP contribution in [0.2, 0.25) is 0 Å². The highest BCUT2D eigenvalue weighted by Crippen LogP contribution is 2.20. The van der Waals surface area contributed by atoms with Crippen molar-refractivity contribution in [2.45, 2.75) is 13.5 Å². The van der Waals surface area contributed by atoms with Gasteiger partial charge in [0.25, 0.3) is 0 Å². The van der Waals surface area contributed by atoms with Crippen molar-refractivity contribution < 1.29 is 5.11 Å². The highest BCUT2D eigenvalue weighted by molar-refractivity contribution is 7.10. The Morgan fingerprint density at radius 2 is 1.95 bits per heavy atom. The van der Waals surface area contributed by atoms with E-state index >= 15 is 0 Å². The number of aliphatic hydroxyl groups is 1. The molecule has 102 valence electrons. The van der Waals surface area contributed by atoms with Gasteiger partial charge >= 0.3 is 0 Å². The Morgan fingerprint density at radius 1 is 1.21 bits per heavy atom. The van der Waals surface area contributed by atoms with Gasteiger partial charge < -0.3 is 15.3 Å². The van der Waals surface area contributed by atoms with Crippen LogP contribution in [0.15, 0.2) is 35.7 Å².